The molecule has 0 spiro atoms. The van der Waals surface area contributed by atoms with Crippen LogP contribution < -0.4 is 5.32 Å². The minimum atomic E-state index is -0.664. The zero-order valence-electron chi connectivity index (χ0n) is 14.4. The van der Waals surface area contributed by atoms with Crippen LogP contribution in [-0.2, 0) is 9.53 Å². The minimum absolute atomic E-state index is 0.0493. The number of carbonyl (C=O) groups excluding carboxylic acids is 1. The van der Waals surface area contributed by atoms with E-state index in [0.29, 0.717) is 22.0 Å². The number of non-ortho nitro benzene ring substituents is 1. The first kappa shape index (κ1) is 18.2. The first-order valence-corrected chi connectivity index (χ1v) is 8.09. The first-order valence-electron chi connectivity index (χ1n) is 8.09. The second-order valence-electron chi connectivity index (χ2n) is 5.82. The number of pyridine rings is 1. The monoisotopic (exact) mass is 369 g/mol. The van der Waals surface area contributed by atoms with Crippen LogP contribution in [0.1, 0.15) is 11.5 Å². The maximum absolute atomic E-state index is 13.2. The smallest absolute Gasteiger partial charge is 0.314 e. The molecule has 1 atom stereocenters. The van der Waals surface area contributed by atoms with E-state index in [1.807, 2.05) is 0 Å². The molecule has 0 saturated carbocycles. The highest BCUT2D eigenvalue weighted by Gasteiger charge is 2.22. The summed E-state index contributed by atoms with van der Waals surface area (Å²) < 4.78 is 18.0. The van der Waals surface area contributed by atoms with E-state index in [4.69, 9.17) is 4.74 Å². The molecular weight excluding hydrogens is 353 g/mol. The quantitative estimate of drug-likeness (QED) is 0.405. The number of ether oxygens (including phenoxy) is 1. The molecule has 0 aliphatic rings. The molecule has 0 bridgehead atoms. The lowest BCUT2D eigenvalue weighted by molar-refractivity contribution is -0.383. The second kappa shape index (κ2) is 7.77. The van der Waals surface area contributed by atoms with E-state index in [-0.39, 0.29) is 12.2 Å². The third-order valence-electron chi connectivity index (χ3n) is 4.25. The molecule has 0 radical (unpaired) electrons. The van der Waals surface area contributed by atoms with Crippen molar-refractivity contribution in [1.82, 2.24) is 4.98 Å². The molecule has 2 aromatic carbocycles. The number of aromatic nitrogens is 1. The predicted octanol–water partition coefficient (Wildman–Crippen LogP) is 3.65. The Balaban J connectivity index is 1.92. The summed E-state index contributed by atoms with van der Waals surface area (Å²) in [5.41, 5.74) is 1.17. The molecule has 1 heterocycles. The first-order chi connectivity index (χ1) is 13.0. The zero-order chi connectivity index (χ0) is 19.4. The molecule has 1 aromatic heterocycles. The fourth-order valence-corrected chi connectivity index (χ4v) is 2.88. The summed E-state index contributed by atoms with van der Waals surface area (Å²) in [6.07, 6.45) is 2.96. The van der Waals surface area contributed by atoms with Gasteiger partial charge < -0.3 is 10.1 Å². The highest BCUT2D eigenvalue weighted by molar-refractivity contribution is 5.99. The molecule has 8 heteroatoms. The lowest BCUT2D eigenvalue weighted by Crippen LogP contribution is -2.22. The van der Waals surface area contributed by atoms with Gasteiger partial charge in [-0.25, -0.2) is 4.39 Å². The summed E-state index contributed by atoms with van der Waals surface area (Å²) in [6, 6.07) is 10.2. The topological polar surface area (TPSA) is 94.4 Å². The van der Waals surface area contributed by atoms with Crippen molar-refractivity contribution >= 4 is 28.1 Å². The van der Waals surface area contributed by atoms with Gasteiger partial charge in [0, 0.05) is 36.1 Å². The van der Waals surface area contributed by atoms with Gasteiger partial charge >= 0.3 is 5.97 Å². The number of halogens is 1. The number of carbonyl (C=O) groups is 1. The molecule has 27 heavy (non-hydrogen) atoms. The van der Waals surface area contributed by atoms with Gasteiger partial charge in [0.25, 0.3) is 5.69 Å². The van der Waals surface area contributed by atoms with E-state index < -0.39 is 22.6 Å². The van der Waals surface area contributed by atoms with Crippen molar-refractivity contribution in [2.24, 2.45) is 0 Å². The number of rotatable bonds is 6. The normalized spacial score (nSPS) is 11.8. The number of nitro groups is 1. The van der Waals surface area contributed by atoms with E-state index in [2.05, 4.69) is 10.3 Å². The number of anilines is 1. The molecule has 3 aromatic rings. The van der Waals surface area contributed by atoms with Crippen molar-refractivity contribution in [1.29, 1.82) is 0 Å². The maximum atomic E-state index is 13.2. The van der Waals surface area contributed by atoms with Crippen LogP contribution in [0.4, 0.5) is 15.8 Å². The third-order valence-corrected chi connectivity index (χ3v) is 4.25. The molecule has 3 rings (SSSR count). The SMILES string of the molecule is COC(=O)C(CNc1ccc([N+](=O)[O-])c2cnccc12)c1ccc(F)cc1. The van der Waals surface area contributed by atoms with Crippen LogP contribution in [-0.4, -0.2) is 29.5 Å². The van der Waals surface area contributed by atoms with Gasteiger partial charge in [0.05, 0.1) is 23.3 Å². The van der Waals surface area contributed by atoms with E-state index in [9.17, 15) is 19.3 Å². The molecular formula is C19H16FN3O4. The fraction of sp³-hybridized carbons (Fsp3) is 0.158. The number of nitro benzene ring substituents is 1. The van der Waals surface area contributed by atoms with Crippen LogP contribution in [0.15, 0.2) is 54.9 Å². The van der Waals surface area contributed by atoms with Gasteiger partial charge in [-0.15, -0.1) is 0 Å². The standard InChI is InChI=1S/C19H16FN3O4/c1-27-19(24)15(12-2-4-13(20)5-3-12)11-22-17-6-7-18(23(25)26)16-10-21-9-8-14(16)17/h2-10,15,22H,11H2,1H3. The largest absolute Gasteiger partial charge is 0.468 e. The molecule has 138 valence electrons. The van der Waals surface area contributed by atoms with Crippen molar-refractivity contribution in [3.63, 3.8) is 0 Å². The Morgan fingerprint density at radius 3 is 2.63 bits per heavy atom. The van der Waals surface area contributed by atoms with Crippen LogP contribution in [0, 0.1) is 15.9 Å². The lowest BCUT2D eigenvalue weighted by Gasteiger charge is -2.17. The van der Waals surface area contributed by atoms with E-state index >= 15 is 0 Å². The number of fused-ring (bicyclic) bond motifs is 1. The van der Waals surface area contributed by atoms with Gasteiger partial charge in [0.15, 0.2) is 0 Å². The van der Waals surface area contributed by atoms with E-state index in [1.54, 1.807) is 12.1 Å². The number of methoxy groups -OCH3 is 1. The maximum Gasteiger partial charge on any atom is 0.314 e. The highest BCUT2D eigenvalue weighted by Crippen LogP contribution is 2.31. The fourth-order valence-electron chi connectivity index (χ4n) is 2.88. The summed E-state index contributed by atoms with van der Waals surface area (Å²) >= 11 is 0. The van der Waals surface area contributed by atoms with Gasteiger partial charge in [0.2, 0.25) is 0 Å². The van der Waals surface area contributed by atoms with Crippen molar-refractivity contribution in [3.8, 4) is 0 Å². The Bertz CT molecular complexity index is 992. The summed E-state index contributed by atoms with van der Waals surface area (Å²) in [7, 11) is 1.28. The van der Waals surface area contributed by atoms with Crippen molar-refractivity contribution in [2.75, 3.05) is 19.0 Å². The number of nitrogens with one attached hydrogen (secondary N) is 1. The second-order valence-corrected chi connectivity index (χ2v) is 5.82. The highest BCUT2D eigenvalue weighted by atomic mass is 19.1. The van der Waals surface area contributed by atoms with Crippen LogP contribution >= 0.6 is 0 Å². The number of esters is 1. The molecule has 1 N–H and O–H groups in total. The van der Waals surface area contributed by atoms with Gasteiger partial charge in [-0.1, -0.05) is 12.1 Å². The van der Waals surface area contributed by atoms with Crippen molar-refractivity contribution in [2.45, 2.75) is 5.92 Å². The third kappa shape index (κ3) is 3.84. The Hall–Kier alpha value is -3.55. The van der Waals surface area contributed by atoms with Crippen molar-refractivity contribution in [3.05, 3.63) is 76.4 Å². The molecule has 0 saturated heterocycles. The van der Waals surface area contributed by atoms with Gasteiger partial charge in [-0.3, -0.25) is 19.9 Å². The Morgan fingerprint density at radius 1 is 1.22 bits per heavy atom. The molecule has 0 amide bonds. The molecule has 7 nitrogen and oxygen atoms in total. The summed E-state index contributed by atoms with van der Waals surface area (Å²) in [4.78, 5) is 26.8. The van der Waals surface area contributed by atoms with Gasteiger partial charge in [0.1, 0.15) is 5.82 Å². The van der Waals surface area contributed by atoms with Crippen LogP contribution in [0.2, 0.25) is 0 Å². The van der Waals surface area contributed by atoms with Crippen LogP contribution in [0.5, 0.6) is 0 Å². The van der Waals surface area contributed by atoms with Crippen LogP contribution in [0.3, 0.4) is 0 Å². The average Bonchev–Trinajstić information content (AvgIpc) is 2.68. The Kier molecular flexibility index (Phi) is 5.25. The molecule has 1 unspecified atom stereocenters. The van der Waals surface area contributed by atoms with E-state index in [1.165, 1.54) is 49.8 Å². The lowest BCUT2D eigenvalue weighted by atomic mass is 9.98. The average molecular weight is 369 g/mol. The molecule has 0 aliphatic heterocycles. The molecule has 0 fully saturated rings. The van der Waals surface area contributed by atoms with E-state index in [0.717, 1.165) is 0 Å². The van der Waals surface area contributed by atoms with Crippen molar-refractivity contribution < 1.29 is 18.8 Å². The van der Waals surface area contributed by atoms with Crippen LogP contribution in [0.25, 0.3) is 10.8 Å². The Labute approximate surface area is 153 Å². The predicted molar refractivity (Wildman–Crippen MR) is 98.0 cm³/mol. The van der Waals surface area contributed by atoms with Gasteiger partial charge in [-0.2, -0.15) is 0 Å². The number of nitrogens with zero attached hydrogens (tertiary/aromatic N) is 2. The summed E-state index contributed by atoms with van der Waals surface area (Å²) in [6.45, 7) is 0.174. The molecule has 0 aliphatic carbocycles. The van der Waals surface area contributed by atoms with Gasteiger partial charge in [-0.05, 0) is 29.8 Å². The summed E-state index contributed by atoms with van der Waals surface area (Å²) in [5, 5.41) is 15.3. The minimum Gasteiger partial charge on any atom is -0.468 e. The summed E-state index contributed by atoms with van der Waals surface area (Å²) in [5.74, 6) is -1.53. The zero-order valence-corrected chi connectivity index (χ0v) is 14.4. The number of hydrogen-bond donors (Lipinski definition) is 1. The number of benzene rings is 2. The number of hydrogen-bond acceptors (Lipinski definition) is 6. The Morgan fingerprint density at radius 2 is 1.96 bits per heavy atom.